The van der Waals surface area contributed by atoms with Crippen LogP contribution < -0.4 is 10.6 Å². The Morgan fingerprint density at radius 1 is 1.47 bits per heavy atom. The molecule has 3 N–H and O–H groups in total. The number of carboxylic acid groups (broad SMARTS) is 1. The Balaban J connectivity index is 2.39. The molecular weight excluding hydrogens is 247 g/mol. The molecule has 1 heterocycles. The van der Waals surface area contributed by atoms with Crippen LogP contribution in [-0.2, 0) is 0 Å². The SMILES string of the molecule is CC1(C)CCCN(c2cc(C(=O)O)c(N)cc2F)C1. The Morgan fingerprint density at radius 2 is 2.16 bits per heavy atom. The molecular formula is C14H19FN2O2. The van der Waals surface area contributed by atoms with Gasteiger partial charge in [0.1, 0.15) is 5.82 Å². The highest BCUT2D eigenvalue weighted by atomic mass is 19.1. The lowest BCUT2D eigenvalue weighted by Crippen LogP contribution is -2.40. The van der Waals surface area contributed by atoms with Crippen LogP contribution in [0.1, 0.15) is 37.0 Å². The number of carbonyl (C=O) groups is 1. The Morgan fingerprint density at radius 3 is 2.74 bits per heavy atom. The van der Waals surface area contributed by atoms with Crippen LogP contribution in [0.15, 0.2) is 12.1 Å². The molecule has 1 aromatic rings. The molecule has 104 valence electrons. The molecule has 4 nitrogen and oxygen atoms in total. The van der Waals surface area contributed by atoms with E-state index >= 15 is 0 Å². The second kappa shape index (κ2) is 4.72. The van der Waals surface area contributed by atoms with Crippen molar-refractivity contribution in [3.63, 3.8) is 0 Å². The van der Waals surface area contributed by atoms with E-state index in [-0.39, 0.29) is 16.7 Å². The topological polar surface area (TPSA) is 66.6 Å². The molecule has 0 amide bonds. The lowest BCUT2D eigenvalue weighted by molar-refractivity contribution is 0.0698. The van der Waals surface area contributed by atoms with Gasteiger partial charge in [-0.15, -0.1) is 0 Å². The van der Waals surface area contributed by atoms with Crippen molar-refractivity contribution < 1.29 is 14.3 Å². The molecule has 1 fully saturated rings. The summed E-state index contributed by atoms with van der Waals surface area (Å²) >= 11 is 0. The van der Waals surface area contributed by atoms with Crippen LogP contribution in [0.5, 0.6) is 0 Å². The van der Waals surface area contributed by atoms with Crippen molar-refractivity contribution in [1.29, 1.82) is 0 Å². The first-order valence-corrected chi connectivity index (χ1v) is 6.37. The Labute approximate surface area is 112 Å². The van der Waals surface area contributed by atoms with E-state index < -0.39 is 11.8 Å². The molecule has 1 aliphatic heterocycles. The van der Waals surface area contributed by atoms with Crippen molar-refractivity contribution in [1.82, 2.24) is 0 Å². The number of aromatic carboxylic acids is 1. The summed E-state index contributed by atoms with van der Waals surface area (Å²) in [6.45, 7) is 5.72. The zero-order valence-corrected chi connectivity index (χ0v) is 11.2. The van der Waals surface area contributed by atoms with Crippen LogP contribution in [0.2, 0.25) is 0 Å². The third-order valence-electron chi connectivity index (χ3n) is 3.59. The summed E-state index contributed by atoms with van der Waals surface area (Å²) in [5.74, 6) is -1.59. The number of rotatable bonds is 2. The summed E-state index contributed by atoms with van der Waals surface area (Å²) < 4.78 is 14.0. The number of nitrogen functional groups attached to an aromatic ring is 1. The van der Waals surface area contributed by atoms with Crippen molar-refractivity contribution in [2.75, 3.05) is 23.7 Å². The average Bonchev–Trinajstić information content (AvgIpc) is 2.26. The molecule has 1 saturated heterocycles. The Hall–Kier alpha value is -1.78. The van der Waals surface area contributed by atoms with Gasteiger partial charge in [0.05, 0.1) is 11.3 Å². The summed E-state index contributed by atoms with van der Waals surface area (Å²) in [6, 6.07) is 2.44. The summed E-state index contributed by atoms with van der Waals surface area (Å²) in [4.78, 5) is 13.0. The predicted octanol–water partition coefficient (Wildman–Crippen LogP) is 2.73. The molecule has 0 aromatic heterocycles. The second-order valence-electron chi connectivity index (χ2n) is 5.89. The number of hydrogen-bond acceptors (Lipinski definition) is 3. The standard InChI is InChI=1S/C14H19FN2O2/c1-14(2)4-3-5-17(8-14)12-6-9(13(18)19)11(16)7-10(12)15/h6-7H,3-5,8,16H2,1-2H3,(H,18,19). The lowest BCUT2D eigenvalue weighted by Gasteiger charge is -2.39. The molecule has 19 heavy (non-hydrogen) atoms. The van der Waals surface area contributed by atoms with Gasteiger partial charge in [-0.2, -0.15) is 0 Å². The number of halogens is 1. The molecule has 0 bridgehead atoms. The van der Waals surface area contributed by atoms with Crippen LogP contribution >= 0.6 is 0 Å². The molecule has 0 radical (unpaired) electrons. The lowest BCUT2D eigenvalue weighted by atomic mass is 9.84. The van der Waals surface area contributed by atoms with Gasteiger partial charge in [-0.1, -0.05) is 13.8 Å². The number of carboxylic acids is 1. The molecule has 0 spiro atoms. The summed E-state index contributed by atoms with van der Waals surface area (Å²) in [7, 11) is 0. The van der Waals surface area contributed by atoms with Gasteiger partial charge in [-0.05, 0) is 30.4 Å². The zero-order valence-electron chi connectivity index (χ0n) is 11.2. The highest BCUT2D eigenvalue weighted by Gasteiger charge is 2.28. The summed E-state index contributed by atoms with van der Waals surface area (Å²) in [5.41, 5.74) is 5.90. The van der Waals surface area contributed by atoms with E-state index in [1.165, 1.54) is 6.07 Å². The number of nitrogens with zero attached hydrogens (tertiary/aromatic N) is 1. The quantitative estimate of drug-likeness (QED) is 0.808. The maximum Gasteiger partial charge on any atom is 0.337 e. The molecule has 5 heteroatoms. The second-order valence-corrected chi connectivity index (χ2v) is 5.89. The smallest absolute Gasteiger partial charge is 0.337 e. The molecule has 1 aliphatic rings. The van der Waals surface area contributed by atoms with Crippen LogP contribution in [-0.4, -0.2) is 24.2 Å². The zero-order chi connectivity index (χ0) is 14.2. The van der Waals surface area contributed by atoms with Gasteiger partial charge < -0.3 is 15.7 Å². The van der Waals surface area contributed by atoms with Crippen LogP contribution in [0.4, 0.5) is 15.8 Å². The number of anilines is 2. The van der Waals surface area contributed by atoms with Crippen molar-refractivity contribution in [2.45, 2.75) is 26.7 Å². The fourth-order valence-electron chi connectivity index (χ4n) is 2.63. The summed E-state index contributed by atoms with van der Waals surface area (Å²) in [5, 5.41) is 9.06. The van der Waals surface area contributed by atoms with Crippen LogP contribution in [0.25, 0.3) is 0 Å². The van der Waals surface area contributed by atoms with Crippen molar-refractivity contribution >= 4 is 17.3 Å². The van der Waals surface area contributed by atoms with Gasteiger partial charge in [0, 0.05) is 18.8 Å². The molecule has 0 atom stereocenters. The first kappa shape index (κ1) is 13.6. The summed E-state index contributed by atoms with van der Waals surface area (Å²) in [6.07, 6.45) is 2.06. The minimum absolute atomic E-state index is 0.0370. The predicted molar refractivity (Wildman–Crippen MR) is 73.0 cm³/mol. The molecule has 0 aliphatic carbocycles. The van der Waals surface area contributed by atoms with E-state index in [4.69, 9.17) is 10.8 Å². The minimum atomic E-state index is -1.13. The van der Waals surface area contributed by atoms with Crippen molar-refractivity contribution in [2.24, 2.45) is 5.41 Å². The van der Waals surface area contributed by atoms with E-state index in [2.05, 4.69) is 13.8 Å². The first-order chi connectivity index (χ1) is 8.80. The van der Waals surface area contributed by atoms with Gasteiger partial charge in [0.15, 0.2) is 0 Å². The molecule has 0 unspecified atom stereocenters. The van der Waals surface area contributed by atoms with Crippen molar-refractivity contribution in [3.05, 3.63) is 23.5 Å². The number of hydrogen-bond donors (Lipinski definition) is 2. The molecule has 2 rings (SSSR count). The molecule has 1 aromatic carbocycles. The monoisotopic (exact) mass is 266 g/mol. The fourth-order valence-corrected chi connectivity index (χ4v) is 2.63. The number of nitrogens with two attached hydrogens (primary N) is 1. The molecule has 0 saturated carbocycles. The highest BCUT2D eigenvalue weighted by Crippen LogP contribution is 2.34. The van der Waals surface area contributed by atoms with Gasteiger partial charge in [0.25, 0.3) is 0 Å². The third-order valence-corrected chi connectivity index (χ3v) is 3.59. The maximum atomic E-state index is 14.0. The number of benzene rings is 1. The van der Waals surface area contributed by atoms with E-state index in [9.17, 15) is 9.18 Å². The van der Waals surface area contributed by atoms with E-state index in [1.807, 2.05) is 4.90 Å². The number of piperidine rings is 1. The largest absolute Gasteiger partial charge is 0.478 e. The van der Waals surface area contributed by atoms with Crippen LogP contribution in [0, 0.1) is 11.2 Å². The van der Waals surface area contributed by atoms with Gasteiger partial charge >= 0.3 is 5.97 Å². The highest BCUT2D eigenvalue weighted by molar-refractivity contribution is 5.95. The van der Waals surface area contributed by atoms with Crippen LogP contribution in [0.3, 0.4) is 0 Å². The van der Waals surface area contributed by atoms with Gasteiger partial charge in [-0.25, -0.2) is 9.18 Å². The third kappa shape index (κ3) is 2.80. The fraction of sp³-hybridized carbons (Fsp3) is 0.500. The van der Waals surface area contributed by atoms with E-state index in [1.54, 1.807) is 0 Å². The first-order valence-electron chi connectivity index (χ1n) is 6.37. The minimum Gasteiger partial charge on any atom is -0.478 e. The Kier molecular flexibility index (Phi) is 3.39. The van der Waals surface area contributed by atoms with E-state index in [0.717, 1.165) is 25.5 Å². The van der Waals surface area contributed by atoms with Crippen molar-refractivity contribution in [3.8, 4) is 0 Å². The van der Waals surface area contributed by atoms with Gasteiger partial charge in [-0.3, -0.25) is 0 Å². The Bertz CT molecular complexity index is 514. The average molecular weight is 266 g/mol. The maximum absolute atomic E-state index is 14.0. The normalized spacial score (nSPS) is 18.4. The van der Waals surface area contributed by atoms with E-state index in [0.29, 0.717) is 12.2 Å². The van der Waals surface area contributed by atoms with Gasteiger partial charge in [0.2, 0.25) is 0 Å².